The molecule has 0 fully saturated rings. The molecule has 1 aromatic heterocycles. The van der Waals surface area contributed by atoms with Crippen LogP contribution < -0.4 is 0 Å². The van der Waals surface area contributed by atoms with E-state index in [1.165, 1.54) is 0 Å². The van der Waals surface area contributed by atoms with E-state index in [0.29, 0.717) is 0 Å². The van der Waals surface area contributed by atoms with E-state index in [2.05, 4.69) is 10.3 Å². The zero-order chi connectivity index (χ0) is 7.98. The maximum atomic E-state index is 3.80. The molecule has 0 aromatic carbocycles. The molecule has 0 aliphatic carbocycles. The molecule has 0 atom stereocenters. The number of hydrogen-bond donors (Lipinski definition) is 0. The van der Waals surface area contributed by atoms with E-state index >= 15 is 0 Å². The van der Waals surface area contributed by atoms with Crippen LogP contribution in [0.15, 0.2) is 6.20 Å². The van der Waals surface area contributed by atoms with Gasteiger partial charge in [-0.25, -0.2) is 0 Å². The van der Waals surface area contributed by atoms with Crippen molar-refractivity contribution in [3.8, 4) is 0 Å². The molecule has 0 amide bonds. The molecule has 0 bridgehead atoms. The van der Waals surface area contributed by atoms with Gasteiger partial charge < -0.3 is 0 Å². The van der Waals surface area contributed by atoms with Crippen molar-refractivity contribution < 1.29 is 0 Å². The summed E-state index contributed by atoms with van der Waals surface area (Å²) in [5, 5.41) is 7.60. The molecule has 1 rings (SSSR count). The maximum absolute atomic E-state index is 3.80. The van der Waals surface area contributed by atoms with Crippen LogP contribution in [0, 0.1) is 6.92 Å². The maximum Gasteiger partial charge on any atom is 0.0796 e. The van der Waals surface area contributed by atoms with E-state index in [9.17, 15) is 0 Å². The van der Waals surface area contributed by atoms with Crippen molar-refractivity contribution in [1.82, 2.24) is 15.0 Å². The van der Waals surface area contributed by atoms with Crippen molar-refractivity contribution in [3.05, 3.63) is 11.9 Å². The summed E-state index contributed by atoms with van der Waals surface area (Å²) in [7, 11) is 0. The number of hydrogen-bond acceptors (Lipinski definition) is 2. The first-order chi connectivity index (χ1) is 4.83. The Labute approximate surface area is 62.1 Å². The van der Waals surface area contributed by atoms with Gasteiger partial charge in [-0.15, -0.1) is 5.10 Å². The molecule has 0 aliphatic rings. The molecule has 1 aromatic rings. The zero-order valence-corrected chi connectivity index (χ0v) is 7.13. The minimum absolute atomic E-state index is 0.904. The van der Waals surface area contributed by atoms with E-state index in [-0.39, 0.29) is 0 Å². The van der Waals surface area contributed by atoms with Crippen LogP contribution in [0.3, 0.4) is 0 Å². The summed E-state index contributed by atoms with van der Waals surface area (Å²) in [5.41, 5.74) is 0.979. The van der Waals surface area contributed by atoms with E-state index in [4.69, 9.17) is 0 Å². The molecule has 58 valence electrons. The monoisotopic (exact) mass is 141 g/mol. The van der Waals surface area contributed by atoms with Crippen molar-refractivity contribution in [1.29, 1.82) is 0 Å². The normalized spacial score (nSPS) is 8.40. The van der Waals surface area contributed by atoms with Gasteiger partial charge in [-0.3, -0.25) is 4.68 Å². The highest BCUT2D eigenvalue weighted by molar-refractivity contribution is 4.85. The predicted molar refractivity (Wildman–Crippen MR) is 41.8 cm³/mol. The lowest BCUT2D eigenvalue weighted by molar-refractivity contribution is 0.626. The number of nitrogens with zero attached hydrogens (tertiary/aromatic N) is 3. The highest BCUT2D eigenvalue weighted by Gasteiger charge is 1.87. The summed E-state index contributed by atoms with van der Waals surface area (Å²) in [4.78, 5) is 0. The summed E-state index contributed by atoms with van der Waals surface area (Å²) >= 11 is 0. The van der Waals surface area contributed by atoms with E-state index in [0.717, 1.165) is 12.2 Å². The van der Waals surface area contributed by atoms with Crippen molar-refractivity contribution in [2.45, 2.75) is 34.2 Å². The molecule has 3 nitrogen and oxygen atoms in total. The second kappa shape index (κ2) is 4.97. The SMILES string of the molecule is CC.CCn1cc(C)nn1. The zero-order valence-electron chi connectivity index (χ0n) is 7.13. The Morgan fingerprint density at radius 2 is 2.10 bits per heavy atom. The molecule has 1 heterocycles. The van der Waals surface area contributed by atoms with Crippen molar-refractivity contribution >= 4 is 0 Å². The van der Waals surface area contributed by atoms with Gasteiger partial charge >= 0.3 is 0 Å². The Morgan fingerprint density at radius 3 is 2.30 bits per heavy atom. The lowest BCUT2D eigenvalue weighted by atomic mass is 10.6. The molecule has 0 saturated heterocycles. The summed E-state index contributed by atoms with van der Waals surface area (Å²) in [6.45, 7) is 8.87. The lowest BCUT2D eigenvalue weighted by Crippen LogP contribution is -1.93. The molecule has 0 spiro atoms. The second-order valence-electron chi connectivity index (χ2n) is 1.72. The van der Waals surface area contributed by atoms with Gasteiger partial charge in [-0.2, -0.15) is 0 Å². The Hall–Kier alpha value is -0.860. The Balaban J connectivity index is 0.000000371. The highest BCUT2D eigenvalue weighted by Crippen LogP contribution is 1.86. The van der Waals surface area contributed by atoms with Gasteiger partial charge in [-0.05, 0) is 13.8 Å². The standard InChI is InChI=1S/C5H9N3.C2H6/c1-3-8-4-5(2)6-7-8;1-2/h4H,3H2,1-2H3;1-2H3. The fourth-order valence-corrected chi connectivity index (χ4v) is 0.550. The fraction of sp³-hybridized carbons (Fsp3) is 0.714. The second-order valence-corrected chi connectivity index (χ2v) is 1.72. The molecule has 0 N–H and O–H groups in total. The van der Waals surface area contributed by atoms with Crippen LogP contribution in [0.2, 0.25) is 0 Å². The third kappa shape index (κ3) is 2.62. The number of aromatic nitrogens is 3. The molecular formula is C7H15N3. The molecule has 10 heavy (non-hydrogen) atoms. The van der Waals surface area contributed by atoms with Crippen LogP contribution in [0.4, 0.5) is 0 Å². The van der Waals surface area contributed by atoms with Gasteiger partial charge in [0.1, 0.15) is 0 Å². The predicted octanol–water partition coefficient (Wildman–Crippen LogP) is 1.63. The topological polar surface area (TPSA) is 30.7 Å². The van der Waals surface area contributed by atoms with Crippen LogP contribution in [-0.2, 0) is 6.54 Å². The smallest absolute Gasteiger partial charge is 0.0796 e. The summed E-state index contributed by atoms with van der Waals surface area (Å²) in [6.07, 6.45) is 1.92. The first-order valence-electron chi connectivity index (χ1n) is 3.69. The highest BCUT2D eigenvalue weighted by atomic mass is 15.4. The van der Waals surface area contributed by atoms with Gasteiger partial charge in [0.05, 0.1) is 5.69 Å². The molecule has 0 saturated carbocycles. The van der Waals surface area contributed by atoms with Gasteiger partial charge in [0, 0.05) is 12.7 Å². The Morgan fingerprint density at radius 1 is 1.50 bits per heavy atom. The largest absolute Gasteiger partial charge is 0.253 e. The fourth-order valence-electron chi connectivity index (χ4n) is 0.550. The average Bonchev–Trinajstić information content (AvgIpc) is 2.40. The third-order valence-corrected chi connectivity index (χ3v) is 0.977. The van der Waals surface area contributed by atoms with E-state index in [1.54, 1.807) is 4.68 Å². The van der Waals surface area contributed by atoms with E-state index < -0.39 is 0 Å². The summed E-state index contributed by atoms with van der Waals surface area (Å²) < 4.78 is 1.80. The molecule has 0 radical (unpaired) electrons. The van der Waals surface area contributed by atoms with Crippen LogP contribution in [-0.4, -0.2) is 15.0 Å². The van der Waals surface area contributed by atoms with Crippen molar-refractivity contribution in [2.75, 3.05) is 0 Å². The number of rotatable bonds is 1. The Kier molecular flexibility index (Phi) is 4.54. The number of aryl methyl sites for hydroxylation is 2. The van der Waals surface area contributed by atoms with Crippen LogP contribution in [0.1, 0.15) is 26.5 Å². The molecular weight excluding hydrogens is 126 g/mol. The first kappa shape index (κ1) is 9.14. The van der Waals surface area contributed by atoms with Gasteiger partial charge in [0.2, 0.25) is 0 Å². The van der Waals surface area contributed by atoms with Gasteiger partial charge in [-0.1, -0.05) is 19.1 Å². The Bertz CT molecular complexity index is 169. The van der Waals surface area contributed by atoms with Crippen LogP contribution in [0.5, 0.6) is 0 Å². The van der Waals surface area contributed by atoms with Crippen LogP contribution >= 0.6 is 0 Å². The summed E-state index contributed by atoms with van der Waals surface area (Å²) in [6, 6.07) is 0. The van der Waals surface area contributed by atoms with Gasteiger partial charge in [0.15, 0.2) is 0 Å². The summed E-state index contributed by atoms with van der Waals surface area (Å²) in [5.74, 6) is 0. The minimum Gasteiger partial charge on any atom is -0.253 e. The van der Waals surface area contributed by atoms with E-state index in [1.807, 2.05) is 33.9 Å². The first-order valence-corrected chi connectivity index (χ1v) is 3.69. The average molecular weight is 141 g/mol. The van der Waals surface area contributed by atoms with Crippen molar-refractivity contribution in [3.63, 3.8) is 0 Å². The van der Waals surface area contributed by atoms with Gasteiger partial charge in [0.25, 0.3) is 0 Å². The lowest BCUT2D eigenvalue weighted by Gasteiger charge is -1.85. The van der Waals surface area contributed by atoms with Crippen molar-refractivity contribution in [2.24, 2.45) is 0 Å². The van der Waals surface area contributed by atoms with Crippen LogP contribution in [0.25, 0.3) is 0 Å². The third-order valence-electron chi connectivity index (χ3n) is 0.977. The molecule has 3 heteroatoms. The minimum atomic E-state index is 0.904. The molecule has 0 unspecified atom stereocenters. The molecule has 0 aliphatic heterocycles. The quantitative estimate of drug-likeness (QED) is 0.595.